The molecule has 4 atom stereocenters. The SMILES string of the molecule is COC(=O)c1cc(F)c2nc(CN3C[C@@H]4C(c5cccc6c5OC(C)(c5ccc(Cl)cn5)O6)[C@@H]4C3)n(CCn3cccn3)c2c1. The number of nitrogens with zero attached hydrogens (tertiary/aromatic N) is 6. The molecule has 0 radical (unpaired) electrons. The highest BCUT2D eigenvalue weighted by atomic mass is 35.5. The van der Waals surface area contributed by atoms with Crippen molar-refractivity contribution >= 4 is 28.6 Å². The van der Waals surface area contributed by atoms with Gasteiger partial charge in [0.05, 0.1) is 36.3 Å². The Labute approximate surface area is 263 Å². The van der Waals surface area contributed by atoms with E-state index >= 15 is 4.39 Å². The highest BCUT2D eigenvalue weighted by molar-refractivity contribution is 6.30. The number of likely N-dealkylation sites (tertiary alicyclic amines) is 1. The number of para-hydroxylation sites is 1. The third-order valence-electron chi connectivity index (χ3n) is 9.22. The predicted octanol–water partition coefficient (Wildman–Crippen LogP) is 5.40. The van der Waals surface area contributed by atoms with E-state index in [1.807, 2.05) is 46.6 Å². The van der Waals surface area contributed by atoms with Crippen LogP contribution in [-0.2, 0) is 30.2 Å². The van der Waals surface area contributed by atoms with E-state index < -0.39 is 17.6 Å². The molecule has 0 spiro atoms. The van der Waals surface area contributed by atoms with Crippen molar-refractivity contribution in [1.29, 1.82) is 0 Å². The lowest BCUT2D eigenvalue weighted by Crippen LogP contribution is -2.32. The number of aryl methyl sites for hydroxylation is 2. The van der Waals surface area contributed by atoms with Crippen LogP contribution in [0.5, 0.6) is 11.5 Å². The number of aromatic nitrogens is 5. The number of piperidine rings is 1. The minimum Gasteiger partial charge on any atom is -0.465 e. The molecule has 2 unspecified atom stereocenters. The third-order valence-corrected chi connectivity index (χ3v) is 9.44. The molecule has 10 nitrogen and oxygen atoms in total. The topological polar surface area (TPSA) is 96.5 Å². The molecule has 2 aliphatic heterocycles. The Morgan fingerprint density at radius 2 is 1.98 bits per heavy atom. The van der Waals surface area contributed by atoms with E-state index in [0.717, 1.165) is 30.2 Å². The van der Waals surface area contributed by atoms with Crippen molar-refractivity contribution in [2.75, 3.05) is 20.2 Å². The maximum Gasteiger partial charge on any atom is 0.338 e. The zero-order valence-electron chi connectivity index (χ0n) is 24.7. The molecular formula is C33H30ClFN6O4. The van der Waals surface area contributed by atoms with Gasteiger partial charge in [-0.05, 0) is 54.2 Å². The Morgan fingerprint density at radius 1 is 1.13 bits per heavy atom. The molecule has 45 heavy (non-hydrogen) atoms. The first-order valence-corrected chi connectivity index (χ1v) is 15.3. The molecule has 1 aliphatic carbocycles. The first-order valence-electron chi connectivity index (χ1n) is 14.9. The lowest BCUT2D eigenvalue weighted by Gasteiger charge is -2.23. The number of pyridine rings is 1. The van der Waals surface area contributed by atoms with Gasteiger partial charge >= 0.3 is 5.97 Å². The fraction of sp³-hybridized carbons (Fsp3) is 0.333. The number of methoxy groups -OCH3 is 1. The summed E-state index contributed by atoms with van der Waals surface area (Å²) in [6.45, 7) is 5.30. The molecule has 8 rings (SSSR count). The average Bonchev–Trinajstić information content (AvgIpc) is 3.57. The normalized spacial score (nSPS) is 23.4. The number of esters is 1. The van der Waals surface area contributed by atoms with Crippen molar-refractivity contribution in [3.63, 3.8) is 0 Å². The fourth-order valence-electron chi connectivity index (χ4n) is 7.03. The van der Waals surface area contributed by atoms with Gasteiger partial charge in [0.1, 0.15) is 17.0 Å². The molecule has 1 saturated carbocycles. The molecular weight excluding hydrogens is 599 g/mol. The molecule has 2 fully saturated rings. The zero-order valence-corrected chi connectivity index (χ0v) is 25.4. The Morgan fingerprint density at radius 3 is 2.71 bits per heavy atom. The number of halogens is 2. The van der Waals surface area contributed by atoms with Crippen molar-refractivity contribution in [3.8, 4) is 11.5 Å². The van der Waals surface area contributed by atoms with E-state index in [0.29, 0.717) is 59.4 Å². The number of fused-ring (bicyclic) bond motifs is 3. The minimum atomic E-state index is -1.03. The lowest BCUT2D eigenvalue weighted by atomic mass is 10.0. The second-order valence-electron chi connectivity index (χ2n) is 12.0. The molecule has 0 amide bonds. The number of hydrogen-bond acceptors (Lipinski definition) is 8. The van der Waals surface area contributed by atoms with Crippen LogP contribution in [-0.4, -0.2) is 55.4 Å². The Kier molecular flexibility index (Phi) is 6.58. The van der Waals surface area contributed by atoms with Crippen LogP contribution >= 0.6 is 11.6 Å². The van der Waals surface area contributed by atoms with Crippen LogP contribution in [0.3, 0.4) is 0 Å². The Balaban J connectivity index is 1.02. The Hall–Kier alpha value is -4.48. The number of rotatable bonds is 8. The van der Waals surface area contributed by atoms with Gasteiger partial charge in [-0.15, -0.1) is 0 Å². The van der Waals surface area contributed by atoms with Gasteiger partial charge in [-0.3, -0.25) is 14.6 Å². The first kappa shape index (κ1) is 28.0. The van der Waals surface area contributed by atoms with Gasteiger partial charge in [0.25, 0.3) is 5.79 Å². The van der Waals surface area contributed by atoms with Crippen molar-refractivity contribution in [2.24, 2.45) is 11.8 Å². The van der Waals surface area contributed by atoms with Crippen LogP contribution in [0, 0.1) is 17.7 Å². The Bertz CT molecular complexity index is 1920. The summed E-state index contributed by atoms with van der Waals surface area (Å²) in [6.07, 6.45) is 5.21. The first-order chi connectivity index (χ1) is 21.8. The zero-order chi connectivity index (χ0) is 30.9. The van der Waals surface area contributed by atoms with E-state index in [1.165, 1.54) is 13.2 Å². The van der Waals surface area contributed by atoms with Gasteiger partial charge in [0.2, 0.25) is 0 Å². The van der Waals surface area contributed by atoms with E-state index in [4.69, 9.17) is 30.8 Å². The standard InChI is InChI=1S/C33H30ClFN6O4/c1-33(27-8-7-20(34)15-36-27)44-26-6-3-5-21(31(26)45-33)29-22-16-39(17-23(22)29)18-28-38-30-24(35)13-19(32(42)43-2)14-25(30)41(28)12-11-40-10-4-9-37-40/h3-10,13-15,22-23,29H,11-12,16-18H2,1-2H3/t22-,23+,29?,33?. The van der Waals surface area contributed by atoms with Crippen LogP contribution in [0.4, 0.5) is 4.39 Å². The molecule has 5 heterocycles. The number of carbonyl (C=O) groups excluding carboxylic acids is 1. The second kappa shape index (κ2) is 10.6. The number of benzene rings is 2. The molecule has 1 saturated heterocycles. The summed E-state index contributed by atoms with van der Waals surface area (Å²) in [7, 11) is 1.29. The van der Waals surface area contributed by atoms with E-state index in [-0.39, 0.29) is 11.1 Å². The third kappa shape index (κ3) is 4.81. The monoisotopic (exact) mass is 628 g/mol. The van der Waals surface area contributed by atoms with E-state index in [2.05, 4.69) is 21.0 Å². The summed E-state index contributed by atoms with van der Waals surface area (Å²) in [5.41, 5.74) is 2.78. The van der Waals surface area contributed by atoms with Crippen molar-refractivity contribution < 1.29 is 23.4 Å². The summed E-state index contributed by atoms with van der Waals surface area (Å²) in [4.78, 5) is 23.8. The molecule has 3 aromatic heterocycles. The molecule has 12 heteroatoms. The van der Waals surface area contributed by atoms with Crippen LogP contribution in [0.15, 0.2) is 67.1 Å². The van der Waals surface area contributed by atoms with E-state index in [9.17, 15) is 4.79 Å². The van der Waals surface area contributed by atoms with Gasteiger partial charge in [0, 0.05) is 50.7 Å². The quantitative estimate of drug-likeness (QED) is 0.211. The van der Waals surface area contributed by atoms with Crippen LogP contribution in [0.25, 0.3) is 11.0 Å². The smallest absolute Gasteiger partial charge is 0.338 e. The van der Waals surface area contributed by atoms with Crippen LogP contribution in [0.1, 0.15) is 40.3 Å². The second-order valence-corrected chi connectivity index (χ2v) is 12.4. The van der Waals surface area contributed by atoms with Crippen molar-refractivity contribution in [1.82, 2.24) is 29.2 Å². The van der Waals surface area contributed by atoms with Crippen LogP contribution in [0.2, 0.25) is 5.02 Å². The van der Waals surface area contributed by atoms with Crippen LogP contribution < -0.4 is 9.47 Å². The molecule has 0 N–H and O–H groups in total. The van der Waals surface area contributed by atoms with Gasteiger partial charge in [0.15, 0.2) is 17.3 Å². The summed E-state index contributed by atoms with van der Waals surface area (Å²) in [5.74, 6) is 1.37. The fourth-order valence-corrected chi connectivity index (χ4v) is 7.15. The van der Waals surface area contributed by atoms with E-state index in [1.54, 1.807) is 24.5 Å². The van der Waals surface area contributed by atoms with Gasteiger partial charge in [-0.25, -0.2) is 14.2 Å². The number of imidazole rings is 1. The molecule has 0 bridgehead atoms. The van der Waals surface area contributed by atoms with Crippen molar-refractivity contribution in [2.45, 2.75) is 38.3 Å². The summed E-state index contributed by atoms with van der Waals surface area (Å²) in [6, 6.07) is 14.4. The lowest BCUT2D eigenvalue weighted by molar-refractivity contribution is -0.0721. The largest absolute Gasteiger partial charge is 0.465 e. The summed E-state index contributed by atoms with van der Waals surface area (Å²) in [5, 5.41) is 4.86. The van der Waals surface area contributed by atoms with Crippen molar-refractivity contribution in [3.05, 3.63) is 101 Å². The highest BCUT2D eigenvalue weighted by Crippen LogP contribution is 2.62. The maximum absolute atomic E-state index is 15.2. The number of carbonyl (C=O) groups is 1. The molecule has 2 aromatic carbocycles. The maximum atomic E-state index is 15.2. The molecule has 230 valence electrons. The number of ether oxygens (including phenoxy) is 3. The molecule has 5 aromatic rings. The predicted molar refractivity (Wildman–Crippen MR) is 163 cm³/mol. The van der Waals surface area contributed by atoms with Gasteiger partial charge in [-0.1, -0.05) is 23.7 Å². The molecule has 3 aliphatic rings. The minimum absolute atomic E-state index is 0.157. The summed E-state index contributed by atoms with van der Waals surface area (Å²) < 4.78 is 36.6. The van der Waals surface area contributed by atoms with Gasteiger partial charge in [-0.2, -0.15) is 5.10 Å². The summed E-state index contributed by atoms with van der Waals surface area (Å²) >= 11 is 6.05. The van der Waals surface area contributed by atoms with Gasteiger partial charge < -0.3 is 18.8 Å². The number of hydrogen-bond donors (Lipinski definition) is 0. The average molecular weight is 629 g/mol. The highest BCUT2D eigenvalue weighted by Gasteiger charge is 2.58.